The number of rotatable bonds is 3. The van der Waals surface area contributed by atoms with Gasteiger partial charge in [-0.2, -0.15) is 0 Å². The first-order chi connectivity index (χ1) is 8.61. The first-order valence-electron chi connectivity index (χ1n) is 6.68. The maximum Gasteiger partial charge on any atom is 0.139 e. The number of nitrogens with one attached hydrogen (secondary N) is 1. The van der Waals surface area contributed by atoms with Crippen LogP contribution in [-0.2, 0) is 0 Å². The summed E-state index contributed by atoms with van der Waals surface area (Å²) in [6.07, 6.45) is 3.68. The van der Waals surface area contributed by atoms with E-state index in [1.54, 1.807) is 0 Å². The zero-order valence-electron chi connectivity index (χ0n) is 11.2. The van der Waals surface area contributed by atoms with E-state index in [2.05, 4.69) is 16.8 Å². The van der Waals surface area contributed by atoms with Gasteiger partial charge in [0.15, 0.2) is 0 Å². The Kier molecular flexibility index (Phi) is 3.84. The van der Waals surface area contributed by atoms with Crippen molar-refractivity contribution in [3.05, 3.63) is 23.4 Å². The Balaban J connectivity index is 2.22. The van der Waals surface area contributed by atoms with Gasteiger partial charge in [0.05, 0.1) is 5.56 Å². The van der Waals surface area contributed by atoms with Gasteiger partial charge in [-0.25, -0.2) is 4.98 Å². The Labute approximate surface area is 109 Å². The van der Waals surface area contributed by atoms with Gasteiger partial charge in [0.1, 0.15) is 11.7 Å². The molecule has 3 N–H and O–H groups in total. The molecule has 4 nitrogen and oxygen atoms in total. The van der Waals surface area contributed by atoms with Crippen LogP contribution in [0.2, 0.25) is 0 Å². The van der Waals surface area contributed by atoms with Gasteiger partial charge in [0.2, 0.25) is 0 Å². The zero-order chi connectivity index (χ0) is 13.1. The lowest BCUT2D eigenvalue weighted by atomic mass is 9.94. The topological polar surface area (TPSA) is 66.0 Å². The minimum Gasteiger partial charge on any atom is -0.384 e. The van der Waals surface area contributed by atoms with Crippen molar-refractivity contribution in [2.75, 3.05) is 18.0 Å². The zero-order valence-corrected chi connectivity index (χ0v) is 11.2. The van der Waals surface area contributed by atoms with Crippen molar-refractivity contribution in [2.45, 2.75) is 33.1 Å². The van der Waals surface area contributed by atoms with Gasteiger partial charge in [0, 0.05) is 18.8 Å². The molecule has 1 aliphatic heterocycles. The van der Waals surface area contributed by atoms with Crippen molar-refractivity contribution in [3.63, 3.8) is 0 Å². The van der Waals surface area contributed by atoms with Crippen LogP contribution in [0, 0.1) is 18.3 Å². The molecule has 0 bridgehead atoms. The minimum absolute atomic E-state index is 0.107. The molecule has 0 radical (unpaired) electrons. The fourth-order valence-corrected chi connectivity index (χ4v) is 2.55. The lowest BCUT2D eigenvalue weighted by Gasteiger charge is -2.33. The molecule has 1 saturated heterocycles. The van der Waals surface area contributed by atoms with Crippen LogP contribution < -0.4 is 10.6 Å². The number of anilines is 1. The van der Waals surface area contributed by atoms with Crippen LogP contribution in [0.5, 0.6) is 0 Å². The van der Waals surface area contributed by atoms with Crippen LogP contribution in [0.25, 0.3) is 0 Å². The van der Waals surface area contributed by atoms with Crippen molar-refractivity contribution >= 4 is 11.7 Å². The molecule has 18 heavy (non-hydrogen) atoms. The fraction of sp³-hybridized carbons (Fsp3) is 0.571. The third-order valence-corrected chi connectivity index (χ3v) is 3.80. The van der Waals surface area contributed by atoms with Gasteiger partial charge in [-0.05, 0) is 37.8 Å². The quantitative estimate of drug-likeness (QED) is 0.635. The van der Waals surface area contributed by atoms with E-state index in [1.165, 1.54) is 19.3 Å². The van der Waals surface area contributed by atoms with Crippen LogP contribution >= 0.6 is 0 Å². The molecule has 0 saturated carbocycles. The standard InChI is InChI=1S/C14H22N4/c1-3-11-6-8-18(9-7-11)14-12(13(15)16)5-4-10(2)17-14/h4-5,11H,3,6-9H2,1-2H3,(H3,15,16). The molecule has 1 fully saturated rings. The van der Waals surface area contributed by atoms with Crippen LogP contribution in [-0.4, -0.2) is 23.9 Å². The fourth-order valence-electron chi connectivity index (χ4n) is 2.55. The number of hydrogen-bond donors (Lipinski definition) is 2. The summed E-state index contributed by atoms with van der Waals surface area (Å²) in [6, 6.07) is 3.82. The number of nitrogens with two attached hydrogens (primary N) is 1. The molecule has 2 heterocycles. The molecule has 0 spiro atoms. The Morgan fingerprint density at radius 3 is 2.67 bits per heavy atom. The predicted octanol–water partition coefficient (Wildman–Crippen LogP) is 2.30. The molecular formula is C14H22N4. The first-order valence-corrected chi connectivity index (χ1v) is 6.68. The SMILES string of the molecule is CCC1CCN(c2nc(C)ccc2C(=N)N)CC1. The summed E-state index contributed by atoms with van der Waals surface area (Å²) in [5.74, 6) is 1.83. The summed E-state index contributed by atoms with van der Waals surface area (Å²) >= 11 is 0. The Bertz CT molecular complexity index is 433. The molecule has 4 heteroatoms. The highest BCUT2D eigenvalue weighted by Gasteiger charge is 2.21. The van der Waals surface area contributed by atoms with E-state index in [1.807, 2.05) is 19.1 Å². The Morgan fingerprint density at radius 2 is 2.11 bits per heavy atom. The number of nitrogen functional groups attached to an aromatic ring is 1. The smallest absolute Gasteiger partial charge is 0.139 e. The summed E-state index contributed by atoms with van der Waals surface area (Å²) in [5.41, 5.74) is 7.38. The number of aryl methyl sites for hydroxylation is 1. The molecule has 98 valence electrons. The summed E-state index contributed by atoms with van der Waals surface area (Å²) in [6.45, 7) is 6.28. The summed E-state index contributed by atoms with van der Waals surface area (Å²) in [5, 5.41) is 7.65. The highest BCUT2D eigenvalue weighted by atomic mass is 15.2. The highest BCUT2D eigenvalue weighted by Crippen LogP contribution is 2.26. The normalized spacial score (nSPS) is 16.9. The molecule has 0 amide bonds. The monoisotopic (exact) mass is 246 g/mol. The van der Waals surface area contributed by atoms with Crippen LogP contribution in [0.15, 0.2) is 12.1 Å². The molecule has 1 aliphatic rings. The summed E-state index contributed by atoms with van der Waals surface area (Å²) < 4.78 is 0. The number of nitrogens with zero attached hydrogens (tertiary/aromatic N) is 2. The average Bonchev–Trinajstić information content (AvgIpc) is 2.38. The molecule has 0 atom stereocenters. The van der Waals surface area contributed by atoms with Gasteiger partial charge in [0.25, 0.3) is 0 Å². The second-order valence-corrected chi connectivity index (χ2v) is 5.08. The van der Waals surface area contributed by atoms with E-state index in [0.717, 1.165) is 36.1 Å². The van der Waals surface area contributed by atoms with Gasteiger partial charge in [-0.1, -0.05) is 13.3 Å². The molecule has 2 rings (SSSR count). The summed E-state index contributed by atoms with van der Waals surface area (Å²) in [4.78, 5) is 6.85. The number of amidine groups is 1. The third-order valence-electron chi connectivity index (χ3n) is 3.80. The predicted molar refractivity (Wildman–Crippen MR) is 75.2 cm³/mol. The van der Waals surface area contributed by atoms with Crippen molar-refractivity contribution in [1.29, 1.82) is 5.41 Å². The van der Waals surface area contributed by atoms with Gasteiger partial charge in [-0.3, -0.25) is 5.41 Å². The summed E-state index contributed by atoms with van der Waals surface area (Å²) in [7, 11) is 0. The second kappa shape index (κ2) is 5.38. The Morgan fingerprint density at radius 1 is 1.44 bits per heavy atom. The molecule has 0 aliphatic carbocycles. The third kappa shape index (κ3) is 2.63. The van der Waals surface area contributed by atoms with E-state index in [0.29, 0.717) is 0 Å². The van der Waals surface area contributed by atoms with E-state index >= 15 is 0 Å². The van der Waals surface area contributed by atoms with Gasteiger partial charge >= 0.3 is 0 Å². The van der Waals surface area contributed by atoms with Gasteiger partial charge < -0.3 is 10.6 Å². The second-order valence-electron chi connectivity index (χ2n) is 5.08. The van der Waals surface area contributed by atoms with Crippen LogP contribution in [0.3, 0.4) is 0 Å². The largest absolute Gasteiger partial charge is 0.384 e. The lowest BCUT2D eigenvalue weighted by molar-refractivity contribution is 0.393. The highest BCUT2D eigenvalue weighted by molar-refractivity contribution is 5.99. The molecule has 1 aromatic heterocycles. The number of hydrogen-bond acceptors (Lipinski definition) is 3. The van der Waals surface area contributed by atoms with Crippen molar-refractivity contribution < 1.29 is 0 Å². The minimum atomic E-state index is 0.107. The lowest BCUT2D eigenvalue weighted by Crippen LogP contribution is -2.35. The Hall–Kier alpha value is -1.58. The van der Waals surface area contributed by atoms with Crippen molar-refractivity contribution in [2.24, 2.45) is 11.7 Å². The average molecular weight is 246 g/mol. The molecule has 0 aromatic carbocycles. The van der Waals surface area contributed by atoms with Crippen LogP contribution in [0.1, 0.15) is 37.4 Å². The number of pyridine rings is 1. The van der Waals surface area contributed by atoms with Crippen LogP contribution in [0.4, 0.5) is 5.82 Å². The maximum absolute atomic E-state index is 7.65. The van der Waals surface area contributed by atoms with E-state index in [9.17, 15) is 0 Å². The van der Waals surface area contributed by atoms with Gasteiger partial charge in [-0.15, -0.1) is 0 Å². The molecule has 0 unspecified atom stereocenters. The van der Waals surface area contributed by atoms with Crippen molar-refractivity contribution in [3.8, 4) is 0 Å². The van der Waals surface area contributed by atoms with E-state index in [-0.39, 0.29) is 5.84 Å². The molecular weight excluding hydrogens is 224 g/mol. The molecule has 1 aromatic rings. The number of piperidine rings is 1. The van der Waals surface area contributed by atoms with E-state index < -0.39 is 0 Å². The first kappa shape index (κ1) is 12.9. The maximum atomic E-state index is 7.65. The number of aromatic nitrogens is 1. The van der Waals surface area contributed by atoms with E-state index in [4.69, 9.17) is 11.1 Å². The van der Waals surface area contributed by atoms with Crippen molar-refractivity contribution in [1.82, 2.24) is 4.98 Å².